The first-order valence-corrected chi connectivity index (χ1v) is 4.33. The van der Waals surface area contributed by atoms with Crippen LogP contribution in [0.5, 0.6) is 0 Å². The van der Waals surface area contributed by atoms with Crippen LogP contribution in [0.25, 0.3) is 0 Å². The molecule has 0 amide bonds. The molecule has 0 aromatic heterocycles. The Morgan fingerprint density at radius 3 is 1.78 bits per heavy atom. The summed E-state index contributed by atoms with van der Waals surface area (Å²) in [6.45, 7) is 0.130. The summed E-state index contributed by atoms with van der Waals surface area (Å²) in [5, 5.41) is 28.3. The van der Waals surface area contributed by atoms with Crippen molar-refractivity contribution in [1.82, 2.24) is 0 Å². The summed E-state index contributed by atoms with van der Waals surface area (Å²) in [6, 6.07) is 0. The van der Waals surface area contributed by atoms with Crippen molar-refractivity contribution in [2.24, 2.45) is 0 Å². The van der Waals surface area contributed by atoms with Crippen LogP contribution in [-0.2, 0) is 14.2 Å². The number of ether oxygens (including phenoxy) is 3. The standard InChI is InChI=1S/C8H16O6.4CH4/c1-12-3-4-5(9)6(10)7(11)8(13-2)14-4;;;;/h4-11H,3H2,1-2H3;4*1H4/t4?,5-,6+,7?,8+;;;;/m1..../s1. The molecule has 0 spiro atoms. The fourth-order valence-corrected chi connectivity index (χ4v) is 1.41. The van der Waals surface area contributed by atoms with Gasteiger partial charge in [0, 0.05) is 14.2 Å². The Morgan fingerprint density at radius 2 is 1.39 bits per heavy atom. The number of aliphatic hydroxyl groups is 3. The van der Waals surface area contributed by atoms with Crippen molar-refractivity contribution in [3.8, 4) is 0 Å². The quantitative estimate of drug-likeness (QED) is 0.698. The van der Waals surface area contributed by atoms with Gasteiger partial charge in [-0.15, -0.1) is 0 Å². The van der Waals surface area contributed by atoms with Crippen molar-refractivity contribution >= 4 is 0 Å². The SMILES string of the molecule is C.C.C.C.COCC1O[C@H](OC)C(O)[C@@H](O)[C@@H]1O. The van der Waals surface area contributed by atoms with Crippen molar-refractivity contribution in [3.63, 3.8) is 0 Å². The molecule has 1 heterocycles. The Hall–Kier alpha value is -0.240. The van der Waals surface area contributed by atoms with Crippen molar-refractivity contribution in [1.29, 1.82) is 0 Å². The molecule has 1 aliphatic rings. The van der Waals surface area contributed by atoms with E-state index in [0.29, 0.717) is 0 Å². The first-order valence-electron chi connectivity index (χ1n) is 4.33. The molecule has 18 heavy (non-hydrogen) atoms. The molecule has 2 unspecified atom stereocenters. The molecular formula is C12H32O6. The summed E-state index contributed by atoms with van der Waals surface area (Å²) >= 11 is 0. The molecule has 0 bridgehead atoms. The van der Waals surface area contributed by atoms with Crippen molar-refractivity contribution in [2.45, 2.75) is 60.4 Å². The predicted octanol–water partition coefficient (Wildman–Crippen LogP) is 0.631. The van der Waals surface area contributed by atoms with E-state index in [9.17, 15) is 15.3 Å². The number of hydrogen-bond donors (Lipinski definition) is 3. The minimum Gasteiger partial charge on any atom is -0.387 e. The molecule has 5 atom stereocenters. The van der Waals surface area contributed by atoms with Crippen LogP contribution in [0.2, 0.25) is 0 Å². The van der Waals surface area contributed by atoms with Crippen LogP contribution in [0.1, 0.15) is 29.7 Å². The summed E-state index contributed by atoms with van der Waals surface area (Å²) < 4.78 is 14.8. The highest BCUT2D eigenvalue weighted by Crippen LogP contribution is 2.21. The molecule has 0 saturated carbocycles. The Kier molecular flexibility index (Phi) is 17.3. The van der Waals surface area contributed by atoms with E-state index >= 15 is 0 Å². The van der Waals surface area contributed by atoms with Gasteiger partial charge >= 0.3 is 0 Å². The third kappa shape index (κ3) is 5.60. The van der Waals surface area contributed by atoms with Gasteiger partial charge in [-0.05, 0) is 0 Å². The van der Waals surface area contributed by atoms with E-state index < -0.39 is 30.7 Å². The van der Waals surface area contributed by atoms with Crippen LogP contribution < -0.4 is 0 Å². The summed E-state index contributed by atoms with van der Waals surface area (Å²) in [5.41, 5.74) is 0. The second-order valence-corrected chi connectivity index (χ2v) is 3.21. The highest BCUT2D eigenvalue weighted by molar-refractivity contribution is 4.88. The van der Waals surface area contributed by atoms with Crippen molar-refractivity contribution in [2.75, 3.05) is 20.8 Å². The molecule has 6 nitrogen and oxygen atoms in total. The first-order chi connectivity index (χ1) is 6.61. The van der Waals surface area contributed by atoms with Gasteiger partial charge < -0.3 is 29.5 Å². The molecule has 0 aromatic carbocycles. The highest BCUT2D eigenvalue weighted by atomic mass is 16.7. The van der Waals surface area contributed by atoms with Crippen molar-refractivity contribution < 1.29 is 29.5 Å². The summed E-state index contributed by atoms with van der Waals surface area (Å²) in [7, 11) is 2.80. The largest absolute Gasteiger partial charge is 0.387 e. The van der Waals surface area contributed by atoms with Crippen LogP contribution >= 0.6 is 0 Å². The van der Waals surface area contributed by atoms with Crippen LogP contribution in [-0.4, -0.2) is 66.9 Å². The maximum absolute atomic E-state index is 9.48. The summed E-state index contributed by atoms with van der Waals surface area (Å²) in [4.78, 5) is 0. The number of rotatable bonds is 3. The Morgan fingerprint density at radius 1 is 0.889 bits per heavy atom. The van der Waals surface area contributed by atoms with Gasteiger partial charge in [0.2, 0.25) is 0 Å². The summed E-state index contributed by atoms with van der Waals surface area (Å²) in [5.74, 6) is 0. The maximum Gasteiger partial charge on any atom is 0.186 e. The normalized spacial score (nSPS) is 34.2. The molecule has 1 aliphatic heterocycles. The van der Waals surface area contributed by atoms with E-state index in [1.54, 1.807) is 0 Å². The van der Waals surface area contributed by atoms with E-state index in [-0.39, 0.29) is 36.3 Å². The topological polar surface area (TPSA) is 88.4 Å². The zero-order chi connectivity index (χ0) is 10.7. The molecule has 6 heteroatoms. The lowest BCUT2D eigenvalue weighted by molar-refractivity contribution is -0.295. The lowest BCUT2D eigenvalue weighted by Crippen LogP contribution is -2.59. The second kappa shape index (κ2) is 11.8. The van der Waals surface area contributed by atoms with Gasteiger partial charge in [0.25, 0.3) is 0 Å². The van der Waals surface area contributed by atoms with Gasteiger partial charge in [-0.3, -0.25) is 0 Å². The highest BCUT2D eigenvalue weighted by Gasteiger charge is 2.43. The number of hydrogen-bond acceptors (Lipinski definition) is 6. The lowest BCUT2D eigenvalue weighted by Gasteiger charge is -2.39. The fraction of sp³-hybridized carbons (Fsp3) is 1.00. The molecule has 0 radical (unpaired) electrons. The maximum atomic E-state index is 9.48. The minimum absolute atomic E-state index is 0. The van der Waals surface area contributed by atoms with E-state index in [4.69, 9.17) is 14.2 Å². The number of methoxy groups -OCH3 is 2. The lowest BCUT2D eigenvalue weighted by atomic mass is 9.99. The zero-order valence-electron chi connectivity index (χ0n) is 8.16. The average molecular weight is 272 g/mol. The second-order valence-electron chi connectivity index (χ2n) is 3.21. The third-order valence-corrected chi connectivity index (χ3v) is 2.23. The van der Waals surface area contributed by atoms with E-state index in [1.165, 1.54) is 14.2 Å². The molecular weight excluding hydrogens is 240 g/mol. The van der Waals surface area contributed by atoms with Gasteiger partial charge in [0.15, 0.2) is 6.29 Å². The Bertz CT molecular complexity index is 174. The van der Waals surface area contributed by atoms with Gasteiger partial charge in [0.05, 0.1) is 6.61 Å². The van der Waals surface area contributed by atoms with Crippen LogP contribution in [0.15, 0.2) is 0 Å². The molecule has 1 saturated heterocycles. The fourth-order valence-electron chi connectivity index (χ4n) is 1.41. The minimum atomic E-state index is -1.28. The molecule has 0 aliphatic carbocycles. The first kappa shape index (κ1) is 26.3. The van der Waals surface area contributed by atoms with E-state index in [2.05, 4.69) is 0 Å². The molecule has 1 fully saturated rings. The monoisotopic (exact) mass is 272 g/mol. The smallest absolute Gasteiger partial charge is 0.186 e. The zero-order valence-corrected chi connectivity index (χ0v) is 8.16. The molecule has 116 valence electrons. The van der Waals surface area contributed by atoms with Gasteiger partial charge in [-0.1, -0.05) is 29.7 Å². The van der Waals surface area contributed by atoms with Crippen molar-refractivity contribution in [3.05, 3.63) is 0 Å². The van der Waals surface area contributed by atoms with Gasteiger partial charge in [-0.25, -0.2) is 0 Å². The Labute approximate surface area is 111 Å². The van der Waals surface area contributed by atoms with E-state index in [1.807, 2.05) is 0 Å². The molecule has 3 N–H and O–H groups in total. The van der Waals surface area contributed by atoms with Gasteiger partial charge in [0.1, 0.15) is 24.4 Å². The predicted molar refractivity (Wildman–Crippen MR) is 72.5 cm³/mol. The van der Waals surface area contributed by atoms with Crippen LogP contribution in [0.3, 0.4) is 0 Å². The molecule has 1 rings (SSSR count). The number of aliphatic hydroxyl groups excluding tert-OH is 3. The molecule has 0 aromatic rings. The third-order valence-electron chi connectivity index (χ3n) is 2.23. The Balaban J connectivity index is -0.000000245. The van der Waals surface area contributed by atoms with E-state index in [0.717, 1.165) is 0 Å². The average Bonchev–Trinajstić information content (AvgIpc) is 2.19. The summed E-state index contributed by atoms with van der Waals surface area (Å²) in [6.07, 6.45) is -5.33. The van der Waals surface area contributed by atoms with Gasteiger partial charge in [-0.2, -0.15) is 0 Å². The van der Waals surface area contributed by atoms with Crippen LogP contribution in [0.4, 0.5) is 0 Å². The van der Waals surface area contributed by atoms with Crippen LogP contribution in [0, 0.1) is 0 Å².